The first kappa shape index (κ1) is 15.9. The number of aliphatic hydroxyl groups is 1. The second-order valence-electron chi connectivity index (χ2n) is 4.82. The second kappa shape index (κ2) is 7.53. The highest BCUT2D eigenvalue weighted by molar-refractivity contribution is 9.10. The molecule has 1 heterocycles. The van der Waals surface area contributed by atoms with Crippen molar-refractivity contribution in [3.63, 3.8) is 0 Å². The van der Waals surface area contributed by atoms with E-state index in [0.29, 0.717) is 38.4 Å². The number of anilines is 1. The monoisotopic (exact) mass is 355 g/mol. The van der Waals surface area contributed by atoms with E-state index in [4.69, 9.17) is 5.11 Å². The van der Waals surface area contributed by atoms with E-state index in [1.54, 1.807) is 29.2 Å². The number of hydrogen-bond acceptors (Lipinski definition) is 4. The lowest BCUT2D eigenvalue weighted by atomic mass is 10.3. The third kappa shape index (κ3) is 4.52. The van der Waals surface area contributed by atoms with Gasteiger partial charge in [-0.1, -0.05) is 15.9 Å². The van der Waals surface area contributed by atoms with Crippen molar-refractivity contribution in [3.8, 4) is 0 Å². The maximum Gasteiger partial charge on any atom is 0.313 e. The molecule has 21 heavy (non-hydrogen) atoms. The SMILES string of the molecule is O=C(Nc1ccc(Br)cc1)C(=O)N1CCN(CCO)CC1. The van der Waals surface area contributed by atoms with Crippen LogP contribution < -0.4 is 5.32 Å². The molecule has 0 atom stereocenters. The predicted octanol–water partition coefficient (Wildman–Crippen LogP) is 0.524. The summed E-state index contributed by atoms with van der Waals surface area (Å²) in [5, 5.41) is 11.5. The standard InChI is InChI=1S/C14H18BrN3O3/c15-11-1-3-12(4-2-11)16-13(20)14(21)18-7-5-17(6-8-18)9-10-19/h1-4,19H,5-10H2,(H,16,20). The fourth-order valence-electron chi connectivity index (χ4n) is 2.18. The number of benzene rings is 1. The van der Waals surface area contributed by atoms with Gasteiger partial charge in [0.05, 0.1) is 6.61 Å². The van der Waals surface area contributed by atoms with Crippen LogP contribution in [0.4, 0.5) is 5.69 Å². The molecular formula is C14H18BrN3O3. The number of amides is 2. The van der Waals surface area contributed by atoms with Crippen molar-refractivity contribution < 1.29 is 14.7 Å². The van der Waals surface area contributed by atoms with Crippen LogP contribution in [0.2, 0.25) is 0 Å². The van der Waals surface area contributed by atoms with Gasteiger partial charge >= 0.3 is 11.8 Å². The average Bonchev–Trinajstić information content (AvgIpc) is 2.50. The van der Waals surface area contributed by atoms with Crippen LogP contribution in [0.25, 0.3) is 0 Å². The number of halogens is 1. The highest BCUT2D eigenvalue weighted by Crippen LogP contribution is 2.14. The fourth-order valence-corrected chi connectivity index (χ4v) is 2.44. The Morgan fingerprint density at radius 2 is 1.76 bits per heavy atom. The number of carbonyl (C=O) groups excluding carboxylic acids is 2. The van der Waals surface area contributed by atoms with E-state index >= 15 is 0 Å². The number of β-amino-alcohol motifs (C(OH)–C–C–N with tert-alkyl or cyclic N) is 1. The van der Waals surface area contributed by atoms with Crippen molar-refractivity contribution in [1.29, 1.82) is 0 Å². The highest BCUT2D eigenvalue weighted by atomic mass is 79.9. The van der Waals surface area contributed by atoms with E-state index in [2.05, 4.69) is 26.1 Å². The quantitative estimate of drug-likeness (QED) is 0.775. The molecule has 6 nitrogen and oxygen atoms in total. The molecule has 2 amide bonds. The van der Waals surface area contributed by atoms with Crippen LogP contribution >= 0.6 is 15.9 Å². The van der Waals surface area contributed by atoms with Gasteiger partial charge in [-0.05, 0) is 24.3 Å². The third-order valence-corrected chi connectivity index (χ3v) is 3.90. The molecule has 114 valence electrons. The zero-order chi connectivity index (χ0) is 15.2. The van der Waals surface area contributed by atoms with Crippen LogP contribution in [-0.4, -0.2) is 66.1 Å². The number of nitrogens with one attached hydrogen (secondary N) is 1. The Balaban J connectivity index is 1.85. The molecule has 1 fully saturated rings. The molecular weight excluding hydrogens is 338 g/mol. The molecule has 1 aromatic carbocycles. The summed E-state index contributed by atoms with van der Waals surface area (Å²) in [7, 11) is 0. The molecule has 7 heteroatoms. The molecule has 0 unspecified atom stereocenters. The fraction of sp³-hybridized carbons (Fsp3) is 0.429. The van der Waals surface area contributed by atoms with Gasteiger partial charge in [-0.3, -0.25) is 14.5 Å². The van der Waals surface area contributed by atoms with Crippen molar-refractivity contribution in [1.82, 2.24) is 9.80 Å². The van der Waals surface area contributed by atoms with Gasteiger partial charge in [0, 0.05) is 42.9 Å². The van der Waals surface area contributed by atoms with Crippen LogP contribution in [0.3, 0.4) is 0 Å². The van der Waals surface area contributed by atoms with Crippen molar-refractivity contribution in [3.05, 3.63) is 28.7 Å². The molecule has 1 aliphatic rings. The van der Waals surface area contributed by atoms with Crippen molar-refractivity contribution in [2.75, 3.05) is 44.6 Å². The summed E-state index contributed by atoms with van der Waals surface area (Å²) in [6.45, 7) is 3.08. The lowest BCUT2D eigenvalue weighted by Gasteiger charge is -2.33. The molecule has 1 aromatic rings. The van der Waals surface area contributed by atoms with Crippen LogP contribution in [0.15, 0.2) is 28.7 Å². The molecule has 0 radical (unpaired) electrons. The number of rotatable bonds is 3. The largest absolute Gasteiger partial charge is 0.395 e. The van der Waals surface area contributed by atoms with Gasteiger partial charge < -0.3 is 15.3 Å². The molecule has 0 aromatic heterocycles. The van der Waals surface area contributed by atoms with Gasteiger partial charge in [0.1, 0.15) is 0 Å². The number of carbonyl (C=O) groups is 2. The molecule has 2 N–H and O–H groups in total. The lowest BCUT2D eigenvalue weighted by molar-refractivity contribution is -0.144. The zero-order valence-electron chi connectivity index (χ0n) is 11.6. The average molecular weight is 356 g/mol. The van der Waals surface area contributed by atoms with Gasteiger partial charge in [0.25, 0.3) is 0 Å². The van der Waals surface area contributed by atoms with Crippen LogP contribution in [0.5, 0.6) is 0 Å². The van der Waals surface area contributed by atoms with Crippen molar-refractivity contribution >= 4 is 33.4 Å². The molecule has 0 spiro atoms. The van der Waals surface area contributed by atoms with Gasteiger partial charge in [-0.2, -0.15) is 0 Å². The topological polar surface area (TPSA) is 72.9 Å². The zero-order valence-corrected chi connectivity index (χ0v) is 13.2. The van der Waals surface area contributed by atoms with Gasteiger partial charge in [0.2, 0.25) is 0 Å². The number of nitrogens with zero attached hydrogens (tertiary/aromatic N) is 2. The predicted molar refractivity (Wildman–Crippen MR) is 82.9 cm³/mol. The highest BCUT2D eigenvalue weighted by Gasteiger charge is 2.25. The number of piperazine rings is 1. The van der Waals surface area contributed by atoms with E-state index in [9.17, 15) is 9.59 Å². The molecule has 0 saturated carbocycles. The smallest absolute Gasteiger partial charge is 0.313 e. The minimum absolute atomic E-state index is 0.109. The first-order valence-corrected chi connectivity index (χ1v) is 7.58. The lowest BCUT2D eigenvalue weighted by Crippen LogP contribution is -2.52. The van der Waals surface area contributed by atoms with Crippen molar-refractivity contribution in [2.24, 2.45) is 0 Å². The molecule has 1 aliphatic heterocycles. The second-order valence-corrected chi connectivity index (χ2v) is 5.73. The van der Waals surface area contributed by atoms with Crippen LogP contribution in [-0.2, 0) is 9.59 Å². The summed E-state index contributed by atoms with van der Waals surface area (Å²) in [6, 6.07) is 7.06. The Morgan fingerprint density at radius 1 is 1.14 bits per heavy atom. The summed E-state index contributed by atoms with van der Waals surface area (Å²) < 4.78 is 0.909. The summed E-state index contributed by atoms with van der Waals surface area (Å²) in [4.78, 5) is 27.6. The molecule has 0 bridgehead atoms. The minimum Gasteiger partial charge on any atom is -0.395 e. The third-order valence-electron chi connectivity index (χ3n) is 3.37. The van der Waals surface area contributed by atoms with E-state index in [-0.39, 0.29) is 6.61 Å². The Morgan fingerprint density at radius 3 is 2.33 bits per heavy atom. The first-order chi connectivity index (χ1) is 10.1. The van der Waals surface area contributed by atoms with E-state index < -0.39 is 11.8 Å². The Labute approximate surface area is 131 Å². The first-order valence-electron chi connectivity index (χ1n) is 6.79. The summed E-state index contributed by atoms with van der Waals surface area (Å²) >= 11 is 3.31. The maximum atomic E-state index is 12.1. The van der Waals surface area contributed by atoms with E-state index in [1.165, 1.54) is 0 Å². The molecule has 1 saturated heterocycles. The van der Waals surface area contributed by atoms with E-state index in [0.717, 1.165) is 4.47 Å². The van der Waals surface area contributed by atoms with Crippen molar-refractivity contribution in [2.45, 2.75) is 0 Å². The summed E-state index contributed by atoms with van der Waals surface area (Å²) in [5.74, 6) is -1.13. The molecule has 2 rings (SSSR count). The number of aliphatic hydroxyl groups excluding tert-OH is 1. The minimum atomic E-state index is -0.618. The van der Waals surface area contributed by atoms with Gasteiger partial charge in [0.15, 0.2) is 0 Å². The van der Waals surface area contributed by atoms with Gasteiger partial charge in [-0.15, -0.1) is 0 Å². The number of hydrogen-bond donors (Lipinski definition) is 2. The van der Waals surface area contributed by atoms with E-state index in [1.807, 2.05) is 0 Å². The Hall–Kier alpha value is -1.44. The normalized spacial score (nSPS) is 15.8. The molecule has 0 aliphatic carbocycles. The summed E-state index contributed by atoms with van der Waals surface area (Å²) in [6.07, 6.45) is 0. The Kier molecular flexibility index (Phi) is 5.72. The maximum absolute atomic E-state index is 12.1. The van der Waals surface area contributed by atoms with Crippen LogP contribution in [0.1, 0.15) is 0 Å². The van der Waals surface area contributed by atoms with Gasteiger partial charge in [-0.25, -0.2) is 0 Å². The summed E-state index contributed by atoms with van der Waals surface area (Å²) in [5.41, 5.74) is 0.593. The van der Waals surface area contributed by atoms with Crippen LogP contribution in [0, 0.1) is 0 Å². The Bertz CT molecular complexity index is 499.